The van der Waals surface area contributed by atoms with Crippen molar-refractivity contribution in [2.24, 2.45) is 0 Å². The van der Waals surface area contributed by atoms with Crippen LogP contribution in [0.3, 0.4) is 0 Å². The second-order valence-corrected chi connectivity index (χ2v) is 6.53. The van der Waals surface area contributed by atoms with Crippen molar-refractivity contribution in [1.82, 2.24) is 10.1 Å². The standard InChI is InChI=1S/C21H18N3O2/c1-13(2)25-19-10-9-15(11-16(19)12-22)21-23-20(24-26-21)18-8-4-6-14-5-3-7-17(14)18/h4-6,8-11,13H,3,7H2,1-2H3. The van der Waals surface area contributed by atoms with Gasteiger partial charge < -0.3 is 9.26 Å². The van der Waals surface area contributed by atoms with Gasteiger partial charge in [0.15, 0.2) is 0 Å². The number of nitrogens with zero attached hydrogens (tertiary/aromatic N) is 3. The van der Waals surface area contributed by atoms with Gasteiger partial charge in [-0.25, -0.2) is 0 Å². The van der Waals surface area contributed by atoms with Gasteiger partial charge in [-0.1, -0.05) is 23.4 Å². The summed E-state index contributed by atoms with van der Waals surface area (Å²) in [5.74, 6) is 1.53. The van der Waals surface area contributed by atoms with Gasteiger partial charge in [-0.15, -0.1) is 0 Å². The fraction of sp³-hybridized carbons (Fsp3) is 0.238. The van der Waals surface area contributed by atoms with E-state index in [0.29, 0.717) is 28.6 Å². The molecule has 1 radical (unpaired) electrons. The second kappa shape index (κ2) is 6.64. The topological polar surface area (TPSA) is 71.9 Å². The highest BCUT2D eigenvalue weighted by Crippen LogP contribution is 2.33. The molecule has 5 heteroatoms. The quantitative estimate of drug-likeness (QED) is 0.694. The summed E-state index contributed by atoms with van der Waals surface area (Å²) in [4.78, 5) is 4.55. The fourth-order valence-corrected chi connectivity index (χ4v) is 3.21. The third kappa shape index (κ3) is 2.95. The van der Waals surface area contributed by atoms with Crippen LogP contribution in [0.2, 0.25) is 0 Å². The molecule has 4 rings (SSSR count). The number of rotatable bonds is 4. The third-order valence-electron chi connectivity index (χ3n) is 4.35. The summed E-state index contributed by atoms with van der Waals surface area (Å²) in [6.45, 7) is 3.85. The lowest BCUT2D eigenvalue weighted by atomic mass is 10.0. The minimum atomic E-state index is -0.0000579. The van der Waals surface area contributed by atoms with Gasteiger partial charge in [0.05, 0.1) is 11.7 Å². The van der Waals surface area contributed by atoms with E-state index in [0.717, 1.165) is 18.4 Å². The molecule has 1 aliphatic rings. The zero-order valence-corrected chi connectivity index (χ0v) is 14.7. The monoisotopic (exact) mass is 344 g/mol. The minimum Gasteiger partial charge on any atom is -0.490 e. The average Bonchev–Trinajstić information content (AvgIpc) is 3.30. The normalized spacial score (nSPS) is 12.8. The van der Waals surface area contributed by atoms with E-state index in [2.05, 4.69) is 28.7 Å². The molecule has 1 heterocycles. The minimum absolute atomic E-state index is 0.0000579. The molecular weight excluding hydrogens is 326 g/mol. The lowest BCUT2D eigenvalue weighted by Gasteiger charge is -2.11. The van der Waals surface area contributed by atoms with Crippen LogP contribution in [0.5, 0.6) is 5.75 Å². The van der Waals surface area contributed by atoms with Crippen molar-refractivity contribution in [3.05, 3.63) is 59.5 Å². The maximum atomic E-state index is 9.39. The van der Waals surface area contributed by atoms with E-state index in [9.17, 15) is 5.26 Å². The zero-order valence-electron chi connectivity index (χ0n) is 14.7. The van der Waals surface area contributed by atoms with Gasteiger partial charge >= 0.3 is 0 Å². The van der Waals surface area contributed by atoms with Crippen molar-refractivity contribution < 1.29 is 9.26 Å². The lowest BCUT2D eigenvalue weighted by Crippen LogP contribution is -2.06. The van der Waals surface area contributed by atoms with Gasteiger partial charge in [0.2, 0.25) is 5.82 Å². The molecule has 1 aromatic heterocycles. The van der Waals surface area contributed by atoms with Crippen LogP contribution in [0.15, 0.2) is 40.9 Å². The molecule has 5 nitrogen and oxygen atoms in total. The first-order valence-electron chi connectivity index (χ1n) is 8.66. The Morgan fingerprint density at radius 1 is 1.23 bits per heavy atom. The predicted molar refractivity (Wildman–Crippen MR) is 97.4 cm³/mol. The Bertz CT molecular complexity index is 999. The summed E-state index contributed by atoms with van der Waals surface area (Å²) in [6, 6.07) is 13.6. The highest BCUT2D eigenvalue weighted by atomic mass is 16.5. The summed E-state index contributed by atoms with van der Waals surface area (Å²) < 4.78 is 11.1. The van der Waals surface area contributed by atoms with Gasteiger partial charge in [0.25, 0.3) is 5.89 Å². The predicted octanol–water partition coefficient (Wildman–Crippen LogP) is 4.56. The lowest BCUT2D eigenvalue weighted by molar-refractivity contribution is 0.242. The molecule has 0 atom stereocenters. The fourth-order valence-electron chi connectivity index (χ4n) is 3.21. The zero-order chi connectivity index (χ0) is 18.1. The number of hydrogen-bond acceptors (Lipinski definition) is 5. The van der Waals surface area contributed by atoms with Crippen molar-refractivity contribution in [3.8, 4) is 34.7 Å². The molecule has 0 spiro atoms. The molecule has 3 aromatic rings. The smallest absolute Gasteiger partial charge is 0.258 e. The SMILES string of the molecule is CC(C)Oc1ccc(-c2nc(-c3cccc4c3CC[CH]4)no2)cc1C#N. The molecule has 129 valence electrons. The molecule has 0 saturated heterocycles. The van der Waals surface area contributed by atoms with Crippen LogP contribution < -0.4 is 4.74 Å². The Kier molecular flexibility index (Phi) is 4.18. The van der Waals surface area contributed by atoms with Crippen LogP contribution >= 0.6 is 0 Å². The van der Waals surface area contributed by atoms with Gasteiger partial charge in [-0.05, 0) is 62.4 Å². The van der Waals surface area contributed by atoms with Crippen LogP contribution in [0, 0.1) is 17.8 Å². The highest BCUT2D eigenvalue weighted by molar-refractivity contribution is 5.67. The molecule has 2 aromatic carbocycles. The molecule has 0 saturated carbocycles. The van der Waals surface area contributed by atoms with Crippen molar-refractivity contribution in [1.29, 1.82) is 5.26 Å². The molecule has 0 unspecified atom stereocenters. The summed E-state index contributed by atoms with van der Waals surface area (Å²) in [7, 11) is 0. The Labute approximate surface area is 152 Å². The average molecular weight is 344 g/mol. The molecule has 0 aliphatic heterocycles. The molecule has 0 amide bonds. The molecule has 0 bridgehead atoms. The van der Waals surface area contributed by atoms with Gasteiger partial charge in [-0.3, -0.25) is 0 Å². The van der Waals surface area contributed by atoms with Crippen molar-refractivity contribution in [2.45, 2.75) is 32.8 Å². The third-order valence-corrected chi connectivity index (χ3v) is 4.35. The van der Waals surface area contributed by atoms with E-state index in [1.807, 2.05) is 32.0 Å². The maximum Gasteiger partial charge on any atom is 0.258 e. The maximum absolute atomic E-state index is 9.39. The van der Waals surface area contributed by atoms with E-state index in [1.165, 1.54) is 11.1 Å². The van der Waals surface area contributed by atoms with Crippen molar-refractivity contribution >= 4 is 0 Å². The Hall–Kier alpha value is -3.13. The first-order valence-corrected chi connectivity index (χ1v) is 8.66. The van der Waals surface area contributed by atoms with E-state index in [4.69, 9.17) is 9.26 Å². The Balaban J connectivity index is 1.69. The number of ether oxygens (including phenoxy) is 1. The van der Waals surface area contributed by atoms with Crippen LogP contribution in [0.4, 0.5) is 0 Å². The van der Waals surface area contributed by atoms with Crippen LogP contribution in [0.1, 0.15) is 37.0 Å². The van der Waals surface area contributed by atoms with Crippen LogP contribution in [-0.4, -0.2) is 16.2 Å². The van der Waals surface area contributed by atoms with Gasteiger partial charge in [0, 0.05) is 11.1 Å². The summed E-state index contributed by atoms with van der Waals surface area (Å²) in [6.07, 6.45) is 4.27. The summed E-state index contributed by atoms with van der Waals surface area (Å²) in [5, 5.41) is 13.5. The largest absolute Gasteiger partial charge is 0.490 e. The van der Waals surface area contributed by atoms with E-state index < -0.39 is 0 Å². The number of aromatic nitrogens is 2. The van der Waals surface area contributed by atoms with Gasteiger partial charge in [-0.2, -0.15) is 10.2 Å². The first-order chi connectivity index (χ1) is 12.7. The van der Waals surface area contributed by atoms with Crippen molar-refractivity contribution in [3.63, 3.8) is 0 Å². The van der Waals surface area contributed by atoms with Crippen molar-refractivity contribution in [2.75, 3.05) is 0 Å². The second-order valence-electron chi connectivity index (χ2n) is 6.53. The Morgan fingerprint density at radius 3 is 2.92 bits per heavy atom. The molecular formula is C21H18N3O2. The molecule has 0 N–H and O–H groups in total. The van der Waals surface area contributed by atoms with E-state index in [-0.39, 0.29) is 6.10 Å². The van der Waals surface area contributed by atoms with Gasteiger partial charge in [0.1, 0.15) is 11.8 Å². The number of fused-ring (bicyclic) bond motifs is 1. The van der Waals surface area contributed by atoms with E-state index in [1.54, 1.807) is 12.1 Å². The summed E-state index contributed by atoms with van der Waals surface area (Å²) in [5.41, 5.74) is 4.67. The molecule has 0 fully saturated rings. The first kappa shape index (κ1) is 16.3. The summed E-state index contributed by atoms with van der Waals surface area (Å²) >= 11 is 0. The highest BCUT2D eigenvalue weighted by Gasteiger charge is 2.20. The van der Waals surface area contributed by atoms with E-state index >= 15 is 0 Å². The Morgan fingerprint density at radius 2 is 2.12 bits per heavy atom. The number of nitriles is 1. The molecule has 26 heavy (non-hydrogen) atoms. The van der Waals surface area contributed by atoms with Crippen LogP contribution in [-0.2, 0) is 6.42 Å². The van der Waals surface area contributed by atoms with Crippen LogP contribution in [0.25, 0.3) is 22.8 Å². The number of hydrogen-bond donors (Lipinski definition) is 0. The number of benzene rings is 2. The molecule has 1 aliphatic carbocycles.